The van der Waals surface area contributed by atoms with Gasteiger partial charge in [0.2, 0.25) is 11.8 Å². The first kappa shape index (κ1) is 17.4. The molecule has 1 aromatic heterocycles. The van der Waals surface area contributed by atoms with Crippen molar-refractivity contribution in [3.05, 3.63) is 53.2 Å². The molecule has 1 aliphatic rings. The minimum Gasteiger partial charge on any atom is -0.439 e. The largest absolute Gasteiger partial charge is 0.439 e. The van der Waals surface area contributed by atoms with Crippen LogP contribution < -0.4 is 15.8 Å². The smallest absolute Gasteiger partial charge is 0.250 e. The highest BCUT2D eigenvalue weighted by Gasteiger charge is 2.24. The molecular weight excluding hydrogens is 314 g/mol. The molecule has 1 aromatic carbocycles. The minimum absolute atomic E-state index is 0.375. The molecule has 1 heterocycles. The molecule has 1 amide bonds. The number of carbonyl (C=O) groups is 1. The summed E-state index contributed by atoms with van der Waals surface area (Å²) in [5.74, 6) is 1.53. The van der Waals surface area contributed by atoms with Crippen LogP contribution in [0.3, 0.4) is 0 Å². The number of aromatic nitrogens is 1. The van der Waals surface area contributed by atoms with E-state index < -0.39 is 5.91 Å². The maximum Gasteiger partial charge on any atom is 0.250 e. The summed E-state index contributed by atoms with van der Waals surface area (Å²) in [7, 11) is 0. The second kappa shape index (κ2) is 7.66. The van der Waals surface area contributed by atoms with E-state index in [1.165, 1.54) is 23.7 Å². The van der Waals surface area contributed by atoms with Gasteiger partial charge in [0, 0.05) is 18.3 Å². The Hall–Kier alpha value is -2.40. The second-order valence-electron chi connectivity index (χ2n) is 6.99. The molecule has 25 heavy (non-hydrogen) atoms. The molecule has 1 aliphatic carbocycles. The maximum absolute atomic E-state index is 11.1. The molecule has 3 N–H and O–H groups in total. The Balaban J connectivity index is 1.67. The Kier molecular flexibility index (Phi) is 5.34. The van der Waals surface area contributed by atoms with E-state index in [1.54, 1.807) is 12.1 Å². The molecule has 0 spiro atoms. The van der Waals surface area contributed by atoms with Crippen molar-refractivity contribution in [3.8, 4) is 11.6 Å². The number of carbonyl (C=O) groups excluding carboxylic acids is 1. The van der Waals surface area contributed by atoms with Crippen LogP contribution in [0.1, 0.15) is 41.8 Å². The summed E-state index contributed by atoms with van der Waals surface area (Å²) >= 11 is 0. The average molecular weight is 339 g/mol. The number of primary amides is 1. The zero-order valence-electron chi connectivity index (χ0n) is 14.8. The molecular formula is C20H25N3O2. The lowest BCUT2D eigenvalue weighted by Crippen LogP contribution is -2.30. The fourth-order valence-electron chi connectivity index (χ4n) is 3.13. The Bertz CT molecular complexity index is 741. The van der Waals surface area contributed by atoms with E-state index in [9.17, 15) is 4.79 Å². The van der Waals surface area contributed by atoms with Crippen molar-refractivity contribution in [2.45, 2.75) is 39.2 Å². The van der Waals surface area contributed by atoms with Crippen LogP contribution in [0.4, 0.5) is 0 Å². The van der Waals surface area contributed by atoms with E-state index in [0.29, 0.717) is 23.4 Å². The van der Waals surface area contributed by atoms with Gasteiger partial charge >= 0.3 is 0 Å². The highest BCUT2D eigenvalue weighted by atomic mass is 16.5. The molecule has 1 unspecified atom stereocenters. The summed E-state index contributed by atoms with van der Waals surface area (Å²) in [5.41, 5.74) is 8.18. The molecule has 3 rings (SSSR count). The normalized spacial score (nSPS) is 16.0. The van der Waals surface area contributed by atoms with Gasteiger partial charge in [0.15, 0.2) is 0 Å². The van der Waals surface area contributed by atoms with Crippen LogP contribution in [0.2, 0.25) is 0 Å². The van der Waals surface area contributed by atoms with E-state index in [4.69, 9.17) is 10.5 Å². The van der Waals surface area contributed by atoms with Crippen LogP contribution >= 0.6 is 0 Å². The molecule has 0 saturated carbocycles. The average Bonchev–Trinajstić information content (AvgIpc) is 2.99. The molecule has 2 aromatic rings. The molecule has 0 bridgehead atoms. The van der Waals surface area contributed by atoms with Crippen LogP contribution in [0.15, 0.2) is 36.5 Å². The summed E-state index contributed by atoms with van der Waals surface area (Å²) < 4.78 is 5.96. The number of ether oxygens (including phenoxy) is 1. The molecule has 0 fully saturated rings. The molecule has 0 saturated heterocycles. The monoisotopic (exact) mass is 339 g/mol. The van der Waals surface area contributed by atoms with E-state index in [1.807, 2.05) is 12.1 Å². The number of hydrogen-bond donors (Lipinski definition) is 2. The summed E-state index contributed by atoms with van der Waals surface area (Å²) in [6, 6.07) is 9.91. The zero-order valence-corrected chi connectivity index (χ0v) is 14.8. The fraction of sp³-hybridized carbons (Fsp3) is 0.400. The quantitative estimate of drug-likeness (QED) is 0.813. The zero-order chi connectivity index (χ0) is 17.8. The first-order chi connectivity index (χ1) is 12.0. The highest BCUT2D eigenvalue weighted by Crippen LogP contribution is 2.33. The van der Waals surface area contributed by atoms with Crippen LogP contribution in [0.5, 0.6) is 11.6 Å². The van der Waals surface area contributed by atoms with Gasteiger partial charge in [0.05, 0.1) is 5.56 Å². The molecule has 0 radical (unpaired) electrons. The van der Waals surface area contributed by atoms with Crippen molar-refractivity contribution in [2.75, 3.05) is 6.54 Å². The van der Waals surface area contributed by atoms with Crippen molar-refractivity contribution < 1.29 is 9.53 Å². The summed E-state index contributed by atoms with van der Waals surface area (Å²) in [4.78, 5) is 15.3. The van der Waals surface area contributed by atoms with Crippen molar-refractivity contribution in [3.63, 3.8) is 0 Å². The first-order valence-corrected chi connectivity index (χ1v) is 8.81. The number of nitrogens with zero attached hydrogens (tertiary/aromatic N) is 1. The molecule has 5 nitrogen and oxygen atoms in total. The number of hydrogen-bond acceptors (Lipinski definition) is 4. The van der Waals surface area contributed by atoms with Crippen LogP contribution in [0, 0.1) is 5.92 Å². The third-order valence-corrected chi connectivity index (χ3v) is 4.54. The Morgan fingerprint density at radius 1 is 1.32 bits per heavy atom. The van der Waals surface area contributed by atoms with Crippen molar-refractivity contribution in [1.29, 1.82) is 0 Å². The Morgan fingerprint density at radius 3 is 2.84 bits per heavy atom. The third kappa shape index (κ3) is 4.37. The van der Waals surface area contributed by atoms with Crippen LogP contribution in [-0.2, 0) is 12.8 Å². The van der Waals surface area contributed by atoms with Crippen LogP contribution in [-0.4, -0.2) is 23.5 Å². The third-order valence-electron chi connectivity index (χ3n) is 4.54. The lowest BCUT2D eigenvalue weighted by atomic mass is 10.1. The number of rotatable bonds is 7. The van der Waals surface area contributed by atoms with Crippen molar-refractivity contribution in [1.82, 2.24) is 10.3 Å². The van der Waals surface area contributed by atoms with E-state index in [0.717, 1.165) is 25.1 Å². The lowest BCUT2D eigenvalue weighted by Gasteiger charge is -2.13. The van der Waals surface area contributed by atoms with Gasteiger partial charge in [-0.05, 0) is 55.0 Å². The molecule has 1 atom stereocenters. The molecule has 5 heteroatoms. The van der Waals surface area contributed by atoms with E-state index in [2.05, 4.69) is 30.2 Å². The van der Waals surface area contributed by atoms with Crippen LogP contribution in [0.25, 0.3) is 0 Å². The number of fused-ring (bicyclic) bond motifs is 1. The predicted molar refractivity (Wildman–Crippen MR) is 97.9 cm³/mol. The second-order valence-corrected chi connectivity index (χ2v) is 6.99. The van der Waals surface area contributed by atoms with Crippen molar-refractivity contribution in [2.24, 2.45) is 11.7 Å². The van der Waals surface area contributed by atoms with E-state index in [-0.39, 0.29) is 0 Å². The highest BCUT2D eigenvalue weighted by molar-refractivity contribution is 5.92. The van der Waals surface area contributed by atoms with E-state index >= 15 is 0 Å². The fourth-order valence-corrected chi connectivity index (χ4v) is 3.13. The topological polar surface area (TPSA) is 77.2 Å². The number of benzene rings is 1. The van der Waals surface area contributed by atoms with Crippen molar-refractivity contribution >= 4 is 5.91 Å². The van der Waals surface area contributed by atoms with Gasteiger partial charge in [-0.3, -0.25) is 4.79 Å². The summed E-state index contributed by atoms with van der Waals surface area (Å²) in [5, 5.41) is 3.65. The van der Waals surface area contributed by atoms with Gasteiger partial charge in [-0.1, -0.05) is 26.0 Å². The van der Waals surface area contributed by atoms with Gasteiger partial charge in [-0.25, -0.2) is 4.98 Å². The number of nitrogens with two attached hydrogens (primary N) is 1. The summed E-state index contributed by atoms with van der Waals surface area (Å²) in [6.45, 7) is 5.53. The SMILES string of the molecule is CC(C)CCNC1Cc2cccc(Oc3ccc(C(N)=O)cn3)c2C1. The first-order valence-electron chi connectivity index (χ1n) is 8.81. The standard InChI is InChI=1S/C20H25N3O2/c1-13(2)8-9-22-16-10-14-4-3-5-18(17(14)11-16)25-19-7-6-15(12-23-19)20(21)24/h3-7,12-13,16,22H,8-11H2,1-2H3,(H2,21,24). The Morgan fingerprint density at radius 2 is 2.16 bits per heavy atom. The number of pyridine rings is 1. The Labute approximate surface area is 148 Å². The number of amides is 1. The van der Waals surface area contributed by atoms with Gasteiger partial charge in [0.1, 0.15) is 5.75 Å². The predicted octanol–water partition coefficient (Wildman–Crippen LogP) is 3.08. The molecule has 132 valence electrons. The molecule has 0 aliphatic heterocycles. The van der Waals surface area contributed by atoms with Gasteiger partial charge in [-0.15, -0.1) is 0 Å². The van der Waals surface area contributed by atoms with Gasteiger partial charge < -0.3 is 15.8 Å². The lowest BCUT2D eigenvalue weighted by molar-refractivity contribution is 0.1000. The minimum atomic E-state index is -0.491. The van der Waals surface area contributed by atoms with Gasteiger partial charge in [-0.2, -0.15) is 0 Å². The number of nitrogens with one attached hydrogen (secondary N) is 1. The van der Waals surface area contributed by atoms with Gasteiger partial charge in [0.25, 0.3) is 0 Å². The summed E-state index contributed by atoms with van der Waals surface area (Å²) in [6.07, 6.45) is 4.62. The maximum atomic E-state index is 11.1.